The van der Waals surface area contributed by atoms with Crippen LogP contribution in [-0.4, -0.2) is 31.6 Å². The molecule has 0 heterocycles. The van der Waals surface area contributed by atoms with Crippen LogP contribution in [0.25, 0.3) is 0 Å². The first kappa shape index (κ1) is 14.5. The molecule has 1 atom stereocenters. The Kier molecular flexibility index (Phi) is 5.87. The van der Waals surface area contributed by atoms with Gasteiger partial charge in [0.1, 0.15) is 0 Å². The highest BCUT2D eigenvalue weighted by molar-refractivity contribution is 5.19. The maximum atomic E-state index is 3.68. The van der Waals surface area contributed by atoms with Crippen LogP contribution in [0.1, 0.15) is 44.2 Å². The fourth-order valence-electron chi connectivity index (χ4n) is 2.79. The Balaban J connectivity index is 1.89. The van der Waals surface area contributed by atoms with Crippen molar-refractivity contribution in [1.82, 2.24) is 10.2 Å². The summed E-state index contributed by atoms with van der Waals surface area (Å²) in [6, 6.07) is 11.3. The average Bonchev–Trinajstić information content (AvgIpc) is 2.40. The zero-order valence-corrected chi connectivity index (χ0v) is 12.4. The van der Waals surface area contributed by atoms with E-state index in [1.165, 1.54) is 37.8 Å². The molecule has 0 aliphatic heterocycles. The van der Waals surface area contributed by atoms with Gasteiger partial charge in [0, 0.05) is 19.1 Å². The van der Waals surface area contributed by atoms with Gasteiger partial charge in [0.15, 0.2) is 0 Å². The second kappa shape index (κ2) is 7.66. The van der Waals surface area contributed by atoms with E-state index in [-0.39, 0.29) is 0 Å². The minimum Gasteiger partial charge on any atom is -0.309 e. The molecule has 2 heteroatoms. The number of hydrogen-bond acceptors (Lipinski definition) is 2. The molecular weight excluding hydrogens is 232 g/mol. The van der Waals surface area contributed by atoms with Crippen molar-refractivity contribution in [2.75, 3.05) is 26.7 Å². The van der Waals surface area contributed by atoms with E-state index in [0.717, 1.165) is 19.0 Å². The summed E-state index contributed by atoms with van der Waals surface area (Å²) in [5, 5.41) is 3.68. The number of nitrogens with one attached hydrogen (secondary N) is 1. The number of benzene rings is 1. The number of hydrogen-bond donors (Lipinski definition) is 1. The minimum absolute atomic E-state index is 0.464. The monoisotopic (exact) mass is 260 g/mol. The highest BCUT2D eigenvalue weighted by Gasteiger charge is 2.20. The third kappa shape index (κ3) is 4.63. The van der Waals surface area contributed by atoms with Gasteiger partial charge >= 0.3 is 0 Å². The van der Waals surface area contributed by atoms with Crippen LogP contribution in [-0.2, 0) is 0 Å². The Morgan fingerprint density at radius 1 is 1.26 bits per heavy atom. The van der Waals surface area contributed by atoms with E-state index in [4.69, 9.17) is 0 Å². The van der Waals surface area contributed by atoms with Crippen molar-refractivity contribution in [3.63, 3.8) is 0 Å². The Bertz CT molecular complexity index is 346. The van der Waals surface area contributed by atoms with Crippen LogP contribution in [0, 0.1) is 5.92 Å². The smallest absolute Gasteiger partial charge is 0.0449 e. The topological polar surface area (TPSA) is 15.3 Å². The molecule has 1 aliphatic rings. The Morgan fingerprint density at radius 3 is 2.58 bits per heavy atom. The maximum absolute atomic E-state index is 3.68. The molecule has 1 N–H and O–H groups in total. The van der Waals surface area contributed by atoms with Crippen molar-refractivity contribution < 1.29 is 0 Å². The van der Waals surface area contributed by atoms with Crippen molar-refractivity contribution in [2.24, 2.45) is 5.92 Å². The molecule has 0 amide bonds. The van der Waals surface area contributed by atoms with E-state index in [1.807, 2.05) is 0 Å². The first-order valence-corrected chi connectivity index (χ1v) is 7.76. The van der Waals surface area contributed by atoms with Crippen LogP contribution in [0.5, 0.6) is 0 Å². The molecule has 1 aliphatic carbocycles. The Morgan fingerprint density at radius 2 is 2.00 bits per heavy atom. The van der Waals surface area contributed by atoms with Crippen LogP contribution in [0.3, 0.4) is 0 Å². The largest absolute Gasteiger partial charge is 0.309 e. The molecule has 2 rings (SSSR count). The molecule has 0 spiro atoms. The van der Waals surface area contributed by atoms with E-state index in [9.17, 15) is 0 Å². The summed E-state index contributed by atoms with van der Waals surface area (Å²) in [6.07, 6.45) is 5.50. The molecule has 1 aromatic rings. The van der Waals surface area contributed by atoms with Gasteiger partial charge in [0.05, 0.1) is 0 Å². The highest BCUT2D eigenvalue weighted by atomic mass is 15.1. The summed E-state index contributed by atoms with van der Waals surface area (Å²) < 4.78 is 0. The summed E-state index contributed by atoms with van der Waals surface area (Å²) in [5.74, 6) is 0.951. The predicted octanol–water partition coefficient (Wildman–Crippen LogP) is 3.46. The number of likely N-dealkylation sites (N-methyl/N-ethyl adjacent to an activating group) is 1. The van der Waals surface area contributed by atoms with Gasteiger partial charge < -0.3 is 10.2 Å². The molecule has 2 nitrogen and oxygen atoms in total. The molecule has 1 saturated carbocycles. The highest BCUT2D eigenvalue weighted by Crippen LogP contribution is 2.27. The fraction of sp³-hybridized carbons (Fsp3) is 0.647. The van der Waals surface area contributed by atoms with Gasteiger partial charge in [-0.3, -0.25) is 0 Å². The van der Waals surface area contributed by atoms with Crippen molar-refractivity contribution in [2.45, 2.75) is 38.6 Å². The summed E-state index contributed by atoms with van der Waals surface area (Å²) in [4.78, 5) is 2.50. The first-order valence-electron chi connectivity index (χ1n) is 7.76. The summed E-state index contributed by atoms with van der Waals surface area (Å²) >= 11 is 0. The molecule has 0 radical (unpaired) electrons. The third-order valence-electron chi connectivity index (χ3n) is 4.13. The van der Waals surface area contributed by atoms with Crippen LogP contribution >= 0.6 is 0 Å². The van der Waals surface area contributed by atoms with Crippen molar-refractivity contribution in [3.05, 3.63) is 35.9 Å². The molecule has 0 saturated heterocycles. The average molecular weight is 260 g/mol. The lowest BCUT2D eigenvalue weighted by Crippen LogP contribution is -2.37. The molecule has 1 fully saturated rings. The lowest BCUT2D eigenvalue weighted by molar-refractivity contribution is 0.191. The van der Waals surface area contributed by atoms with E-state index < -0.39 is 0 Å². The molecule has 19 heavy (non-hydrogen) atoms. The Labute approximate surface area is 118 Å². The molecule has 106 valence electrons. The lowest BCUT2D eigenvalue weighted by atomic mass is 9.85. The van der Waals surface area contributed by atoms with Crippen LogP contribution in [0.2, 0.25) is 0 Å². The number of nitrogens with zero attached hydrogens (tertiary/aromatic N) is 1. The lowest BCUT2D eigenvalue weighted by Gasteiger charge is -2.32. The van der Waals surface area contributed by atoms with E-state index in [2.05, 4.69) is 54.5 Å². The van der Waals surface area contributed by atoms with Crippen LogP contribution in [0.15, 0.2) is 30.3 Å². The second-order valence-corrected chi connectivity index (χ2v) is 5.94. The predicted molar refractivity (Wildman–Crippen MR) is 82.3 cm³/mol. The molecule has 0 aromatic heterocycles. The summed E-state index contributed by atoms with van der Waals surface area (Å²) in [7, 11) is 2.27. The van der Waals surface area contributed by atoms with Crippen LogP contribution in [0.4, 0.5) is 0 Å². The van der Waals surface area contributed by atoms with Crippen LogP contribution < -0.4 is 5.32 Å². The van der Waals surface area contributed by atoms with Crippen molar-refractivity contribution in [3.8, 4) is 0 Å². The van der Waals surface area contributed by atoms with Gasteiger partial charge in [-0.2, -0.15) is 0 Å². The standard InChI is InChI=1S/C17H28N2/c1-3-12-18-17(16-10-5-4-6-11-16)14-19(2)13-15-8-7-9-15/h4-6,10-11,15,17-18H,3,7-9,12-14H2,1-2H3. The van der Waals surface area contributed by atoms with Crippen molar-refractivity contribution >= 4 is 0 Å². The normalized spacial score (nSPS) is 17.4. The minimum atomic E-state index is 0.464. The maximum Gasteiger partial charge on any atom is 0.0449 e. The van der Waals surface area contributed by atoms with Gasteiger partial charge in [-0.05, 0) is 44.3 Å². The fourth-order valence-corrected chi connectivity index (χ4v) is 2.79. The summed E-state index contributed by atoms with van der Waals surface area (Å²) in [6.45, 7) is 5.70. The zero-order valence-electron chi connectivity index (χ0n) is 12.4. The molecular formula is C17H28N2. The van der Waals surface area contributed by atoms with Gasteiger partial charge in [0.25, 0.3) is 0 Å². The quantitative estimate of drug-likeness (QED) is 0.770. The van der Waals surface area contributed by atoms with Gasteiger partial charge in [-0.25, -0.2) is 0 Å². The zero-order chi connectivity index (χ0) is 13.5. The van der Waals surface area contributed by atoms with Gasteiger partial charge in [0.2, 0.25) is 0 Å². The molecule has 1 unspecified atom stereocenters. The SMILES string of the molecule is CCCNC(CN(C)CC1CCC1)c1ccccc1. The van der Waals surface area contributed by atoms with Crippen molar-refractivity contribution in [1.29, 1.82) is 0 Å². The first-order chi connectivity index (χ1) is 9.29. The third-order valence-corrected chi connectivity index (χ3v) is 4.13. The van der Waals surface area contributed by atoms with E-state index in [1.54, 1.807) is 0 Å². The van der Waals surface area contributed by atoms with E-state index in [0.29, 0.717) is 6.04 Å². The second-order valence-electron chi connectivity index (χ2n) is 5.94. The molecule has 0 bridgehead atoms. The Hall–Kier alpha value is -0.860. The van der Waals surface area contributed by atoms with E-state index >= 15 is 0 Å². The number of rotatable bonds is 8. The molecule has 1 aromatic carbocycles. The van der Waals surface area contributed by atoms with Gasteiger partial charge in [-0.15, -0.1) is 0 Å². The van der Waals surface area contributed by atoms with Gasteiger partial charge in [-0.1, -0.05) is 43.7 Å². The summed E-state index contributed by atoms with van der Waals surface area (Å²) in [5.41, 5.74) is 1.41.